The maximum Gasteiger partial charge on any atom is 0.179 e. The van der Waals surface area contributed by atoms with Gasteiger partial charge in [-0.15, -0.1) is 0 Å². The molecule has 0 aromatic heterocycles. The molecule has 17 heavy (non-hydrogen) atoms. The lowest BCUT2D eigenvalue weighted by molar-refractivity contribution is -0.157. The number of hydrogen-bond donors (Lipinski definition) is 0. The first kappa shape index (κ1) is 12.9. The second-order valence-corrected chi connectivity index (χ2v) is 5.00. The fourth-order valence-electron chi connectivity index (χ4n) is 3.17. The fourth-order valence-corrected chi connectivity index (χ4v) is 3.17. The van der Waals surface area contributed by atoms with Crippen molar-refractivity contribution in [2.45, 2.75) is 57.8 Å². The first-order chi connectivity index (χ1) is 8.25. The molecule has 3 nitrogen and oxygen atoms in total. The third-order valence-corrected chi connectivity index (χ3v) is 4.10. The van der Waals surface area contributed by atoms with Gasteiger partial charge in [-0.1, -0.05) is 19.3 Å². The highest BCUT2D eigenvalue weighted by Crippen LogP contribution is 2.44. The second-order valence-electron chi connectivity index (χ2n) is 5.00. The lowest BCUT2D eigenvalue weighted by Crippen LogP contribution is -2.42. The van der Waals surface area contributed by atoms with Gasteiger partial charge in [-0.2, -0.15) is 0 Å². The monoisotopic (exact) mass is 239 g/mol. The van der Waals surface area contributed by atoms with Gasteiger partial charge in [-0.25, -0.2) is 0 Å². The van der Waals surface area contributed by atoms with E-state index in [1.54, 1.807) is 7.11 Å². The lowest BCUT2D eigenvalue weighted by atomic mass is 9.82. The molecule has 0 radical (unpaired) electrons. The lowest BCUT2D eigenvalue weighted by Gasteiger charge is -2.40. The van der Waals surface area contributed by atoms with Crippen molar-refractivity contribution in [1.29, 1.82) is 0 Å². The number of likely N-dealkylation sites (N-methyl/N-ethyl adjacent to an activating group) is 1. The minimum Gasteiger partial charge on any atom is -0.373 e. The van der Waals surface area contributed by atoms with Gasteiger partial charge in [0.15, 0.2) is 6.29 Å². The van der Waals surface area contributed by atoms with E-state index in [9.17, 15) is 0 Å². The minimum atomic E-state index is -0.149. The zero-order valence-corrected chi connectivity index (χ0v) is 11.4. The van der Waals surface area contributed by atoms with Gasteiger partial charge in [0.1, 0.15) is 5.60 Å². The summed E-state index contributed by atoms with van der Waals surface area (Å²) in [6.07, 6.45) is 8.21. The number of methoxy groups -OCH3 is 1. The van der Waals surface area contributed by atoms with Gasteiger partial charge >= 0.3 is 0 Å². The second kappa shape index (κ2) is 5.40. The Morgan fingerprint density at radius 1 is 1.29 bits per heavy atom. The topological polar surface area (TPSA) is 21.7 Å². The van der Waals surface area contributed by atoms with E-state index < -0.39 is 0 Å². The van der Waals surface area contributed by atoms with Gasteiger partial charge in [-0.3, -0.25) is 0 Å². The van der Waals surface area contributed by atoms with Crippen LogP contribution in [0.15, 0.2) is 11.8 Å². The summed E-state index contributed by atoms with van der Waals surface area (Å²) in [5.41, 5.74) is 1.32. The molecule has 0 aromatic carbocycles. The van der Waals surface area contributed by atoms with E-state index in [0.29, 0.717) is 0 Å². The predicted molar refractivity (Wildman–Crippen MR) is 68.7 cm³/mol. The molecule has 1 spiro atoms. The molecule has 98 valence electrons. The summed E-state index contributed by atoms with van der Waals surface area (Å²) in [5, 5.41) is 0. The molecule has 0 N–H and O–H groups in total. The molecular formula is C14H25NO2. The summed E-state index contributed by atoms with van der Waals surface area (Å²) < 4.78 is 11.6. The zero-order chi connectivity index (χ0) is 12.3. The quantitative estimate of drug-likeness (QED) is 0.753. The molecule has 1 heterocycles. The minimum absolute atomic E-state index is 0.0506. The Morgan fingerprint density at radius 3 is 2.47 bits per heavy atom. The van der Waals surface area contributed by atoms with Crippen molar-refractivity contribution in [3.63, 3.8) is 0 Å². The van der Waals surface area contributed by atoms with Crippen molar-refractivity contribution >= 4 is 0 Å². The maximum absolute atomic E-state index is 6.18. The Bertz CT molecular complexity index is 278. The van der Waals surface area contributed by atoms with E-state index in [1.165, 1.54) is 25.0 Å². The van der Waals surface area contributed by atoms with Crippen LogP contribution in [-0.2, 0) is 9.47 Å². The number of ether oxygens (including phenoxy) is 2. The van der Waals surface area contributed by atoms with Crippen molar-refractivity contribution in [3.8, 4) is 0 Å². The van der Waals surface area contributed by atoms with E-state index in [-0.39, 0.29) is 11.9 Å². The normalized spacial score (nSPS) is 27.2. The molecule has 0 amide bonds. The van der Waals surface area contributed by atoms with Crippen molar-refractivity contribution < 1.29 is 9.47 Å². The van der Waals surface area contributed by atoms with E-state index in [0.717, 1.165) is 25.9 Å². The van der Waals surface area contributed by atoms with Gasteiger partial charge in [0.05, 0.1) is 0 Å². The first-order valence-electron chi connectivity index (χ1n) is 6.93. The van der Waals surface area contributed by atoms with E-state index >= 15 is 0 Å². The van der Waals surface area contributed by atoms with E-state index in [2.05, 4.69) is 24.8 Å². The van der Waals surface area contributed by atoms with Gasteiger partial charge in [0, 0.05) is 25.9 Å². The van der Waals surface area contributed by atoms with Crippen LogP contribution in [0.5, 0.6) is 0 Å². The third-order valence-electron chi connectivity index (χ3n) is 4.10. The molecule has 1 saturated carbocycles. The maximum atomic E-state index is 6.18. The zero-order valence-electron chi connectivity index (χ0n) is 11.4. The van der Waals surface area contributed by atoms with Crippen LogP contribution >= 0.6 is 0 Å². The number of hydrogen-bond acceptors (Lipinski definition) is 3. The van der Waals surface area contributed by atoms with Crippen LogP contribution in [0.1, 0.15) is 46.0 Å². The average molecular weight is 239 g/mol. The molecule has 1 aliphatic heterocycles. The van der Waals surface area contributed by atoms with Crippen molar-refractivity contribution in [2.75, 3.05) is 20.2 Å². The van der Waals surface area contributed by atoms with Crippen LogP contribution in [0.3, 0.4) is 0 Å². The highest BCUT2D eigenvalue weighted by atomic mass is 16.7. The number of nitrogens with zero attached hydrogens (tertiary/aromatic N) is 1. The molecule has 1 aliphatic carbocycles. The van der Waals surface area contributed by atoms with Crippen molar-refractivity contribution in [1.82, 2.24) is 4.90 Å². The Labute approximate surface area is 105 Å². The Hall–Kier alpha value is -0.540. The molecule has 2 rings (SSSR count). The molecule has 0 aromatic rings. The Kier molecular flexibility index (Phi) is 4.10. The Morgan fingerprint density at radius 2 is 1.94 bits per heavy atom. The summed E-state index contributed by atoms with van der Waals surface area (Å²) in [5.74, 6) is 0. The van der Waals surface area contributed by atoms with Crippen LogP contribution < -0.4 is 0 Å². The van der Waals surface area contributed by atoms with Gasteiger partial charge in [-0.05, 0) is 32.8 Å². The summed E-state index contributed by atoms with van der Waals surface area (Å²) >= 11 is 0. The molecule has 3 heteroatoms. The summed E-state index contributed by atoms with van der Waals surface area (Å²) in [6.45, 7) is 6.51. The molecule has 1 fully saturated rings. The highest BCUT2D eigenvalue weighted by molar-refractivity contribution is 5.23. The van der Waals surface area contributed by atoms with Crippen molar-refractivity contribution in [2.24, 2.45) is 0 Å². The molecule has 1 unspecified atom stereocenters. The van der Waals surface area contributed by atoms with Crippen LogP contribution in [0.2, 0.25) is 0 Å². The van der Waals surface area contributed by atoms with Crippen LogP contribution in [0, 0.1) is 0 Å². The Balaban J connectivity index is 2.22. The van der Waals surface area contributed by atoms with Crippen LogP contribution in [-0.4, -0.2) is 37.0 Å². The summed E-state index contributed by atoms with van der Waals surface area (Å²) in [7, 11) is 1.73. The largest absolute Gasteiger partial charge is 0.373 e. The summed E-state index contributed by atoms with van der Waals surface area (Å²) in [6, 6.07) is 0. The number of rotatable bonds is 4. The molecule has 0 bridgehead atoms. The predicted octanol–water partition coefficient (Wildman–Crippen LogP) is 2.92. The molecule has 1 atom stereocenters. The summed E-state index contributed by atoms with van der Waals surface area (Å²) in [4.78, 5) is 2.42. The standard InChI is InChI=1S/C14H25NO2/c1-4-15(5-2)12-11-13(16-3)17-14(12)9-7-6-8-10-14/h11,13H,4-10H2,1-3H3. The molecular weight excluding hydrogens is 214 g/mol. The van der Waals surface area contributed by atoms with Gasteiger partial charge in [0.2, 0.25) is 0 Å². The van der Waals surface area contributed by atoms with Crippen molar-refractivity contribution in [3.05, 3.63) is 11.8 Å². The van der Waals surface area contributed by atoms with Crippen LogP contribution in [0.4, 0.5) is 0 Å². The van der Waals surface area contributed by atoms with Crippen LogP contribution in [0.25, 0.3) is 0 Å². The molecule has 2 aliphatic rings. The smallest absolute Gasteiger partial charge is 0.179 e. The third kappa shape index (κ3) is 2.36. The highest BCUT2D eigenvalue weighted by Gasteiger charge is 2.45. The van der Waals surface area contributed by atoms with Gasteiger partial charge < -0.3 is 14.4 Å². The van der Waals surface area contributed by atoms with E-state index in [1.807, 2.05) is 0 Å². The van der Waals surface area contributed by atoms with E-state index in [4.69, 9.17) is 9.47 Å². The van der Waals surface area contributed by atoms with Gasteiger partial charge in [0.25, 0.3) is 0 Å². The fraction of sp³-hybridized carbons (Fsp3) is 0.857. The SMILES string of the molecule is CCN(CC)C1=CC(OC)OC12CCCCC2. The molecule has 0 saturated heterocycles. The average Bonchev–Trinajstić information content (AvgIpc) is 2.71. The first-order valence-corrected chi connectivity index (χ1v) is 6.93.